The molecule has 214 valence electrons. The van der Waals surface area contributed by atoms with Crippen molar-refractivity contribution in [3.05, 3.63) is 108 Å². The van der Waals surface area contributed by atoms with E-state index in [-0.39, 0.29) is 12.5 Å². The number of carbonyl (C=O) groups excluding carboxylic acids is 2. The van der Waals surface area contributed by atoms with Crippen molar-refractivity contribution in [3.63, 3.8) is 0 Å². The monoisotopic (exact) mass is 544 g/mol. The summed E-state index contributed by atoms with van der Waals surface area (Å²) in [5, 5.41) is 2.88. The van der Waals surface area contributed by atoms with Gasteiger partial charge in [-0.1, -0.05) is 123 Å². The molecule has 0 aromatic heterocycles. The van der Waals surface area contributed by atoms with E-state index < -0.39 is 18.1 Å². The maximum atomic E-state index is 13.0. The Kier molecular flexibility index (Phi) is 14.6. The van der Waals surface area contributed by atoms with Crippen LogP contribution in [0.5, 0.6) is 0 Å². The van der Waals surface area contributed by atoms with Crippen molar-refractivity contribution in [1.82, 2.24) is 10.8 Å². The summed E-state index contributed by atoms with van der Waals surface area (Å²) in [7, 11) is 0. The molecule has 0 aliphatic carbocycles. The topological polar surface area (TPSA) is 76.7 Å². The number of rotatable bonds is 19. The van der Waals surface area contributed by atoms with E-state index in [4.69, 9.17) is 9.57 Å². The van der Waals surface area contributed by atoms with E-state index in [0.29, 0.717) is 13.0 Å². The molecule has 0 saturated heterocycles. The third-order valence-corrected chi connectivity index (χ3v) is 6.89. The first kappa shape index (κ1) is 31.1. The lowest BCUT2D eigenvalue weighted by Gasteiger charge is -2.24. The van der Waals surface area contributed by atoms with E-state index in [1.807, 2.05) is 60.7 Å². The van der Waals surface area contributed by atoms with Crippen LogP contribution in [0.2, 0.25) is 0 Å². The molecule has 0 fully saturated rings. The number of hydrogen-bond acceptors (Lipinski definition) is 4. The standard InChI is InChI=1S/C34H44N2O4/c1-28(39-26-30-21-13-8-14-22-30)33(34(38)36-40-27-31-23-15-9-16-24-31)35-32(37)25-17-6-4-2-3-5-10-18-29-19-11-7-12-20-29/h7-9,11-16,19-24,28,33H,2-6,10,17-18,25-27H2,1H3,(H,35,37)(H,36,38)/t28-,33-/m1/s1. The van der Waals surface area contributed by atoms with Gasteiger partial charge in [0, 0.05) is 6.42 Å². The van der Waals surface area contributed by atoms with Gasteiger partial charge in [-0.3, -0.25) is 14.4 Å². The molecule has 40 heavy (non-hydrogen) atoms. The predicted molar refractivity (Wildman–Crippen MR) is 159 cm³/mol. The third kappa shape index (κ3) is 12.6. The fourth-order valence-electron chi connectivity index (χ4n) is 4.51. The van der Waals surface area contributed by atoms with Crippen molar-refractivity contribution < 1.29 is 19.2 Å². The Morgan fingerprint density at radius 2 is 1.15 bits per heavy atom. The van der Waals surface area contributed by atoms with Crippen LogP contribution in [-0.2, 0) is 38.8 Å². The largest absolute Gasteiger partial charge is 0.371 e. The number of benzene rings is 3. The molecule has 3 aromatic rings. The highest BCUT2D eigenvalue weighted by Crippen LogP contribution is 2.12. The van der Waals surface area contributed by atoms with Crippen LogP contribution in [0.3, 0.4) is 0 Å². The molecule has 0 spiro atoms. The van der Waals surface area contributed by atoms with Crippen molar-refractivity contribution in [1.29, 1.82) is 0 Å². The lowest BCUT2D eigenvalue weighted by Crippen LogP contribution is -2.53. The van der Waals surface area contributed by atoms with Gasteiger partial charge in [-0.05, 0) is 42.9 Å². The summed E-state index contributed by atoms with van der Waals surface area (Å²) in [6.07, 6.45) is 8.76. The molecule has 0 heterocycles. The Balaban J connectivity index is 1.36. The van der Waals surface area contributed by atoms with E-state index >= 15 is 0 Å². The molecule has 0 aliphatic heterocycles. The molecule has 3 rings (SSSR count). The molecule has 0 radical (unpaired) electrons. The zero-order chi connectivity index (χ0) is 28.3. The van der Waals surface area contributed by atoms with Gasteiger partial charge < -0.3 is 10.1 Å². The molecule has 0 saturated carbocycles. The van der Waals surface area contributed by atoms with Crippen LogP contribution >= 0.6 is 0 Å². The first-order valence-corrected chi connectivity index (χ1v) is 14.6. The summed E-state index contributed by atoms with van der Waals surface area (Å²) in [5.41, 5.74) is 5.84. The summed E-state index contributed by atoms with van der Waals surface area (Å²) in [4.78, 5) is 31.2. The van der Waals surface area contributed by atoms with Gasteiger partial charge in [-0.25, -0.2) is 5.48 Å². The van der Waals surface area contributed by atoms with Crippen LogP contribution in [0.4, 0.5) is 0 Å². The summed E-state index contributed by atoms with van der Waals surface area (Å²) < 4.78 is 5.96. The van der Waals surface area contributed by atoms with E-state index in [2.05, 4.69) is 41.1 Å². The van der Waals surface area contributed by atoms with Crippen molar-refractivity contribution in [2.24, 2.45) is 0 Å². The van der Waals surface area contributed by atoms with Crippen molar-refractivity contribution in [3.8, 4) is 0 Å². The van der Waals surface area contributed by atoms with E-state index in [9.17, 15) is 9.59 Å². The fourth-order valence-corrected chi connectivity index (χ4v) is 4.51. The molecule has 0 unspecified atom stereocenters. The molecule has 0 aliphatic rings. The SMILES string of the molecule is C[C@@H](OCc1ccccc1)[C@@H](NC(=O)CCCCCCCCCc1ccccc1)C(=O)NOCc1ccccc1. The van der Waals surface area contributed by atoms with E-state index in [0.717, 1.165) is 36.8 Å². The number of unbranched alkanes of at least 4 members (excludes halogenated alkanes) is 6. The first-order valence-electron chi connectivity index (χ1n) is 14.6. The summed E-state index contributed by atoms with van der Waals surface area (Å²) in [5.74, 6) is -0.582. The van der Waals surface area contributed by atoms with Crippen LogP contribution in [-0.4, -0.2) is 24.0 Å². The quantitative estimate of drug-likeness (QED) is 0.130. The third-order valence-electron chi connectivity index (χ3n) is 6.89. The van der Waals surface area contributed by atoms with Crippen LogP contribution < -0.4 is 10.8 Å². The van der Waals surface area contributed by atoms with E-state index in [1.54, 1.807) is 6.92 Å². The van der Waals surface area contributed by atoms with Gasteiger partial charge in [0.05, 0.1) is 19.3 Å². The fraction of sp³-hybridized carbons (Fsp3) is 0.412. The minimum absolute atomic E-state index is 0.152. The average Bonchev–Trinajstić information content (AvgIpc) is 2.99. The molecule has 2 atom stereocenters. The van der Waals surface area contributed by atoms with Gasteiger partial charge in [0.15, 0.2) is 0 Å². The predicted octanol–water partition coefficient (Wildman–Crippen LogP) is 6.69. The Labute approximate surface area is 239 Å². The molecule has 3 aromatic carbocycles. The molecular weight excluding hydrogens is 500 g/mol. The average molecular weight is 545 g/mol. The number of hydrogen-bond donors (Lipinski definition) is 2. The minimum Gasteiger partial charge on any atom is -0.371 e. The second-order valence-corrected chi connectivity index (χ2v) is 10.2. The Bertz CT molecular complexity index is 1090. The van der Waals surface area contributed by atoms with Crippen molar-refractivity contribution >= 4 is 11.8 Å². The number of carbonyl (C=O) groups is 2. The van der Waals surface area contributed by atoms with Gasteiger partial charge in [0.1, 0.15) is 6.04 Å². The molecular formula is C34H44N2O4. The first-order chi connectivity index (χ1) is 19.6. The molecule has 6 heteroatoms. The van der Waals surface area contributed by atoms with Gasteiger partial charge >= 0.3 is 0 Å². The number of aryl methyl sites for hydroxylation is 1. The zero-order valence-electron chi connectivity index (χ0n) is 23.7. The highest BCUT2D eigenvalue weighted by molar-refractivity contribution is 5.87. The molecule has 2 amide bonds. The Hall–Kier alpha value is -3.48. The second-order valence-electron chi connectivity index (χ2n) is 10.2. The molecule has 0 bridgehead atoms. The Morgan fingerprint density at radius 1 is 0.650 bits per heavy atom. The maximum absolute atomic E-state index is 13.0. The highest BCUT2D eigenvalue weighted by Gasteiger charge is 2.28. The maximum Gasteiger partial charge on any atom is 0.268 e. The lowest BCUT2D eigenvalue weighted by molar-refractivity contribution is -0.143. The molecule has 2 N–H and O–H groups in total. The second kappa shape index (κ2) is 18.7. The summed E-state index contributed by atoms with van der Waals surface area (Å²) in [6, 6.07) is 29.1. The zero-order valence-corrected chi connectivity index (χ0v) is 23.7. The van der Waals surface area contributed by atoms with Gasteiger partial charge in [0.25, 0.3) is 5.91 Å². The normalized spacial score (nSPS) is 12.4. The Morgan fingerprint density at radius 3 is 1.75 bits per heavy atom. The highest BCUT2D eigenvalue weighted by atomic mass is 16.7. The van der Waals surface area contributed by atoms with Crippen molar-refractivity contribution in [2.45, 2.75) is 90.1 Å². The van der Waals surface area contributed by atoms with Crippen LogP contribution in [0.25, 0.3) is 0 Å². The van der Waals surface area contributed by atoms with Crippen molar-refractivity contribution in [2.75, 3.05) is 0 Å². The summed E-state index contributed by atoms with van der Waals surface area (Å²) >= 11 is 0. The van der Waals surface area contributed by atoms with Crippen LogP contribution in [0, 0.1) is 0 Å². The smallest absolute Gasteiger partial charge is 0.268 e. The van der Waals surface area contributed by atoms with E-state index in [1.165, 1.54) is 31.2 Å². The molecule has 6 nitrogen and oxygen atoms in total. The van der Waals surface area contributed by atoms with Crippen LogP contribution in [0.1, 0.15) is 75.0 Å². The summed E-state index contributed by atoms with van der Waals surface area (Å²) in [6.45, 7) is 2.37. The number of nitrogens with one attached hydrogen (secondary N) is 2. The number of hydroxylamine groups is 1. The number of ether oxygens (including phenoxy) is 1. The number of amides is 2. The minimum atomic E-state index is -0.864. The van der Waals surface area contributed by atoms with Gasteiger partial charge in [-0.2, -0.15) is 0 Å². The lowest BCUT2D eigenvalue weighted by atomic mass is 10.0. The van der Waals surface area contributed by atoms with Crippen LogP contribution in [0.15, 0.2) is 91.0 Å². The van der Waals surface area contributed by atoms with Gasteiger partial charge in [0.2, 0.25) is 5.91 Å². The van der Waals surface area contributed by atoms with Gasteiger partial charge in [-0.15, -0.1) is 0 Å².